The number of amides is 1. The average molecular weight is 251 g/mol. The fourth-order valence-electron chi connectivity index (χ4n) is 2.28. The number of aromatic hydroxyl groups is 1. The maximum absolute atomic E-state index is 12.8. The number of phenolic OH excluding ortho intramolecular Hbond substituents is 1. The van der Waals surface area contributed by atoms with Crippen LogP contribution in [0, 0.1) is 11.2 Å². The van der Waals surface area contributed by atoms with Crippen LogP contribution in [0.2, 0.25) is 0 Å². The Morgan fingerprint density at radius 3 is 2.78 bits per heavy atom. The van der Waals surface area contributed by atoms with Crippen LogP contribution in [0.1, 0.15) is 43.0 Å². The predicted molar refractivity (Wildman–Crippen MR) is 67.0 cm³/mol. The molecule has 1 aromatic carbocycles. The maximum atomic E-state index is 12.8. The molecule has 18 heavy (non-hydrogen) atoms. The molecule has 0 bridgehead atoms. The van der Waals surface area contributed by atoms with Crippen molar-refractivity contribution in [1.82, 2.24) is 5.32 Å². The molecule has 0 saturated heterocycles. The predicted octanol–water partition coefficient (Wildman–Crippen LogP) is 2.84. The lowest BCUT2D eigenvalue weighted by atomic mass is 10.0. The summed E-state index contributed by atoms with van der Waals surface area (Å²) in [6.07, 6.45) is 4.52. The van der Waals surface area contributed by atoms with E-state index in [1.807, 2.05) is 0 Å². The summed E-state index contributed by atoms with van der Waals surface area (Å²) in [5.41, 5.74) is 0.392. The number of nitrogens with one attached hydrogen (secondary N) is 1. The number of benzene rings is 1. The lowest BCUT2D eigenvalue weighted by Gasteiger charge is -2.15. The SMILES string of the molecule is CCCC1(CNC(=O)c2ccc(F)cc2O)CC1. The molecule has 1 amide bonds. The molecule has 1 aromatic rings. The van der Waals surface area contributed by atoms with Crippen molar-refractivity contribution in [3.05, 3.63) is 29.6 Å². The summed E-state index contributed by atoms with van der Waals surface area (Å²) in [5.74, 6) is -1.20. The monoisotopic (exact) mass is 251 g/mol. The van der Waals surface area contributed by atoms with Gasteiger partial charge in [0, 0.05) is 12.6 Å². The van der Waals surface area contributed by atoms with Gasteiger partial charge in [0.1, 0.15) is 11.6 Å². The summed E-state index contributed by atoms with van der Waals surface area (Å²) >= 11 is 0. The Morgan fingerprint density at radius 2 is 2.22 bits per heavy atom. The minimum atomic E-state index is -0.548. The van der Waals surface area contributed by atoms with E-state index in [0.29, 0.717) is 6.54 Å². The number of phenols is 1. The van der Waals surface area contributed by atoms with Gasteiger partial charge in [-0.05, 0) is 36.8 Å². The van der Waals surface area contributed by atoms with E-state index in [-0.39, 0.29) is 22.6 Å². The highest BCUT2D eigenvalue weighted by Gasteiger charge is 2.41. The standard InChI is InChI=1S/C14H18FNO2/c1-2-5-14(6-7-14)9-16-13(18)11-4-3-10(15)8-12(11)17/h3-4,8,17H,2,5-7,9H2,1H3,(H,16,18). The minimum absolute atomic E-state index is 0.128. The van der Waals surface area contributed by atoms with Gasteiger partial charge in [-0.1, -0.05) is 13.3 Å². The molecule has 98 valence electrons. The van der Waals surface area contributed by atoms with Gasteiger partial charge in [-0.3, -0.25) is 4.79 Å². The molecule has 1 fully saturated rings. The van der Waals surface area contributed by atoms with E-state index in [2.05, 4.69) is 12.2 Å². The summed E-state index contributed by atoms with van der Waals surface area (Å²) in [7, 11) is 0. The Kier molecular flexibility index (Phi) is 3.55. The minimum Gasteiger partial charge on any atom is -0.507 e. The summed E-state index contributed by atoms with van der Waals surface area (Å²) in [5, 5.41) is 12.3. The van der Waals surface area contributed by atoms with E-state index in [9.17, 15) is 14.3 Å². The average Bonchev–Trinajstić information content (AvgIpc) is 3.07. The van der Waals surface area contributed by atoms with E-state index in [1.165, 1.54) is 12.1 Å². The van der Waals surface area contributed by atoms with Crippen LogP contribution in [0.25, 0.3) is 0 Å². The molecule has 0 radical (unpaired) electrons. The number of rotatable bonds is 5. The summed E-state index contributed by atoms with van der Waals surface area (Å²) < 4.78 is 12.8. The van der Waals surface area contributed by atoms with Gasteiger partial charge in [-0.25, -0.2) is 4.39 Å². The molecule has 0 aliphatic heterocycles. The fraction of sp³-hybridized carbons (Fsp3) is 0.500. The highest BCUT2D eigenvalue weighted by atomic mass is 19.1. The quantitative estimate of drug-likeness (QED) is 0.845. The lowest BCUT2D eigenvalue weighted by Crippen LogP contribution is -2.30. The van der Waals surface area contributed by atoms with Gasteiger partial charge in [0.05, 0.1) is 5.56 Å². The van der Waals surface area contributed by atoms with Crippen molar-refractivity contribution in [3.8, 4) is 5.75 Å². The van der Waals surface area contributed by atoms with Crippen LogP contribution in [0.3, 0.4) is 0 Å². The van der Waals surface area contributed by atoms with Crippen LogP contribution in [-0.2, 0) is 0 Å². The van der Waals surface area contributed by atoms with Crippen molar-refractivity contribution in [1.29, 1.82) is 0 Å². The zero-order chi connectivity index (χ0) is 13.2. The van der Waals surface area contributed by atoms with E-state index in [1.54, 1.807) is 0 Å². The molecule has 0 aromatic heterocycles. The first kappa shape index (κ1) is 12.9. The molecule has 2 N–H and O–H groups in total. The van der Waals surface area contributed by atoms with Crippen molar-refractivity contribution < 1.29 is 14.3 Å². The molecule has 2 rings (SSSR count). The van der Waals surface area contributed by atoms with Crippen molar-refractivity contribution >= 4 is 5.91 Å². The van der Waals surface area contributed by atoms with Crippen LogP contribution < -0.4 is 5.32 Å². The molecule has 0 spiro atoms. The van der Waals surface area contributed by atoms with Crippen molar-refractivity contribution in [2.24, 2.45) is 5.41 Å². The maximum Gasteiger partial charge on any atom is 0.255 e. The van der Waals surface area contributed by atoms with E-state index in [4.69, 9.17) is 0 Å². The number of carbonyl (C=O) groups is 1. The molecule has 1 saturated carbocycles. The van der Waals surface area contributed by atoms with Gasteiger partial charge >= 0.3 is 0 Å². The third-order valence-corrected chi connectivity index (χ3v) is 3.57. The molecule has 3 nitrogen and oxygen atoms in total. The largest absolute Gasteiger partial charge is 0.507 e. The Balaban J connectivity index is 1.96. The number of hydrogen-bond acceptors (Lipinski definition) is 2. The van der Waals surface area contributed by atoms with E-state index >= 15 is 0 Å². The first-order chi connectivity index (χ1) is 8.56. The molecule has 1 aliphatic rings. The molecule has 0 atom stereocenters. The topological polar surface area (TPSA) is 49.3 Å². The van der Waals surface area contributed by atoms with Crippen LogP contribution >= 0.6 is 0 Å². The number of hydrogen-bond donors (Lipinski definition) is 2. The summed E-state index contributed by atoms with van der Waals surface area (Å²) in [4.78, 5) is 11.9. The second-order valence-electron chi connectivity index (χ2n) is 5.09. The van der Waals surface area contributed by atoms with Crippen LogP contribution in [0.15, 0.2) is 18.2 Å². The zero-order valence-corrected chi connectivity index (χ0v) is 10.5. The van der Waals surface area contributed by atoms with Crippen LogP contribution in [0.4, 0.5) is 4.39 Å². The van der Waals surface area contributed by atoms with Crippen molar-refractivity contribution in [2.45, 2.75) is 32.6 Å². The smallest absolute Gasteiger partial charge is 0.255 e. The number of carbonyl (C=O) groups excluding carboxylic acids is 1. The second-order valence-corrected chi connectivity index (χ2v) is 5.09. The second kappa shape index (κ2) is 4.96. The molecule has 0 unspecified atom stereocenters. The Morgan fingerprint density at radius 1 is 1.50 bits per heavy atom. The summed E-state index contributed by atoms with van der Waals surface area (Å²) in [6.45, 7) is 2.77. The Hall–Kier alpha value is -1.58. The van der Waals surface area contributed by atoms with Gasteiger partial charge in [0.15, 0.2) is 0 Å². The fourth-order valence-corrected chi connectivity index (χ4v) is 2.28. The zero-order valence-electron chi connectivity index (χ0n) is 10.5. The Labute approximate surface area is 106 Å². The molecular weight excluding hydrogens is 233 g/mol. The molecule has 0 heterocycles. The van der Waals surface area contributed by atoms with E-state index in [0.717, 1.165) is 31.7 Å². The first-order valence-corrected chi connectivity index (χ1v) is 6.33. The highest BCUT2D eigenvalue weighted by molar-refractivity contribution is 5.96. The van der Waals surface area contributed by atoms with Crippen molar-refractivity contribution in [2.75, 3.05) is 6.54 Å². The number of halogens is 1. The van der Waals surface area contributed by atoms with E-state index < -0.39 is 5.82 Å². The van der Waals surface area contributed by atoms with Gasteiger partial charge in [-0.2, -0.15) is 0 Å². The molecule has 4 heteroatoms. The van der Waals surface area contributed by atoms with Gasteiger partial charge in [-0.15, -0.1) is 0 Å². The lowest BCUT2D eigenvalue weighted by molar-refractivity contribution is 0.0941. The van der Waals surface area contributed by atoms with Crippen LogP contribution in [0.5, 0.6) is 5.75 Å². The van der Waals surface area contributed by atoms with Gasteiger partial charge in [0.25, 0.3) is 5.91 Å². The summed E-state index contributed by atoms with van der Waals surface area (Å²) in [6, 6.07) is 3.43. The van der Waals surface area contributed by atoms with Gasteiger partial charge < -0.3 is 10.4 Å². The third-order valence-electron chi connectivity index (χ3n) is 3.57. The molecule has 1 aliphatic carbocycles. The van der Waals surface area contributed by atoms with Crippen molar-refractivity contribution in [3.63, 3.8) is 0 Å². The van der Waals surface area contributed by atoms with Gasteiger partial charge in [0.2, 0.25) is 0 Å². The Bertz CT molecular complexity index is 455. The molecular formula is C14H18FNO2. The third kappa shape index (κ3) is 2.81. The highest BCUT2D eigenvalue weighted by Crippen LogP contribution is 2.48. The van der Waals surface area contributed by atoms with Crippen LogP contribution in [-0.4, -0.2) is 17.6 Å². The normalized spacial score (nSPS) is 16.3. The first-order valence-electron chi connectivity index (χ1n) is 6.33.